The van der Waals surface area contributed by atoms with Gasteiger partial charge in [0.15, 0.2) is 0 Å². The van der Waals surface area contributed by atoms with E-state index in [-0.39, 0.29) is 35.3 Å². The highest BCUT2D eigenvalue weighted by atomic mass is 16.5. The van der Waals surface area contributed by atoms with Crippen molar-refractivity contribution in [3.63, 3.8) is 0 Å². The summed E-state index contributed by atoms with van der Waals surface area (Å²) >= 11 is 0. The molecular formula is C31H43NO3. The molecule has 0 saturated heterocycles. The molecule has 2 atom stereocenters. The minimum absolute atomic E-state index is 0.00136. The lowest BCUT2D eigenvalue weighted by Gasteiger charge is -2.41. The van der Waals surface area contributed by atoms with Gasteiger partial charge in [-0.15, -0.1) is 0 Å². The molecule has 0 spiro atoms. The Bertz CT molecular complexity index is 984. The van der Waals surface area contributed by atoms with Gasteiger partial charge in [0.2, 0.25) is 5.91 Å². The summed E-state index contributed by atoms with van der Waals surface area (Å²) in [6, 6.07) is 16.5. The van der Waals surface area contributed by atoms with Gasteiger partial charge in [0.05, 0.1) is 0 Å². The molecule has 0 unspecified atom stereocenters. The molecular weight excluding hydrogens is 434 g/mol. The quantitative estimate of drug-likeness (QED) is 0.330. The molecule has 0 aromatic heterocycles. The summed E-state index contributed by atoms with van der Waals surface area (Å²) in [5.74, 6) is -1.07. The zero-order valence-corrected chi connectivity index (χ0v) is 22.8. The van der Waals surface area contributed by atoms with E-state index < -0.39 is 11.9 Å². The number of rotatable bonds is 8. The fourth-order valence-electron chi connectivity index (χ4n) is 5.86. The zero-order valence-electron chi connectivity index (χ0n) is 22.8. The van der Waals surface area contributed by atoms with Crippen LogP contribution >= 0.6 is 0 Å². The van der Waals surface area contributed by atoms with Crippen molar-refractivity contribution >= 4 is 11.9 Å². The monoisotopic (exact) mass is 477 g/mol. The van der Waals surface area contributed by atoms with Gasteiger partial charge in [0.25, 0.3) is 0 Å². The second kappa shape index (κ2) is 10.6. The summed E-state index contributed by atoms with van der Waals surface area (Å²) in [6.45, 7) is 17.6. The van der Waals surface area contributed by atoms with Crippen molar-refractivity contribution in [1.82, 2.24) is 5.32 Å². The predicted molar refractivity (Wildman–Crippen MR) is 143 cm³/mol. The van der Waals surface area contributed by atoms with Crippen molar-refractivity contribution < 1.29 is 14.3 Å². The zero-order chi connectivity index (χ0) is 26.0. The predicted octanol–water partition coefficient (Wildman–Crippen LogP) is 6.97. The molecule has 2 aromatic rings. The average molecular weight is 478 g/mol. The lowest BCUT2D eigenvalue weighted by Crippen LogP contribution is -2.41. The van der Waals surface area contributed by atoms with Crippen LogP contribution in [0.25, 0.3) is 11.1 Å². The molecule has 1 aliphatic rings. The maximum absolute atomic E-state index is 12.8. The van der Waals surface area contributed by atoms with E-state index in [4.69, 9.17) is 4.74 Å². The van der Waals surface area contributed by atoms with Gasteiger partial charge >= 0.3 is 5.97 Å². The first-order chi connectivity index (χ1) is 16.3. The third kappa shape index (κ3) is 6.34. The smallest absolute Gasteiger partial charge is 0.318 e. The molecule has 4 nitrogen and oxygen atoms in total. The highest BCUT2D eigenvalue weighted by molar-refractivity contribution is 5.97. The van der Waals surface area contributed by atoms with Crippen LogP contribution < -0.4 is 5.32 Å². The Balaban J connectivity index is 1.55. The van der Waals surface area contributed by atoms with Gasteiger partial charge < -0.3 is 10.1 Å². The molecule has 0 fully saturated rings. The molecule has 0 radical (unpaired) electrons. The highest BCUT2D eigenvalue weighted by Crippen LogP contribution is 2.45. The number of amides is 1. The molecule has 0 bridgehead atoms. The standard InChI is InChI=1S/C31H43NO3/c1-20(17-18-27(30(3,4)5)31(6,7)8)32-28(33)21(2)29(34)35-19-26-24-15-11-9-13-22(24)23-14-10-12-16-25(23)26/h9-16,20-21,26-27H,17-19H2,1-8H3,(H,32,33)/t20-,21-/m0/s1. The maximum atomic E-state index is 12.8. The first-order valence-corrected chi connectivity index (χ1v) is 13.0. The first-order valence-electron chi connectivity index (χ1n) is 13.0. The van der Waals surface area contributed by atoms with E-state index >= 15 is 0 Å². The number of ether oxygens (including phenoxy) is 1. The normalized spacial score (nSPS) is 15.3. The fourth-order valence-corrected chi connectivity index (χ4v) is 5.86. The Hall–Kier alpha value is -2.62. The number of hydrogen-bond acceptors (Lipinski definition) is 3. The van der Waals surface area contributed by atoms with Crippen molar-refractivity contribution in [2.75, 3.05) is 6.61 Å². The van der Waals surface area contributed by atoms with E-state index in [0.717, 1.165) is 12.8 Å². The fraction of sp³-hybridized carbons (Fsp3) is 0.548. The average Bonchev–Trinajstić information content (AvgIpc) is 3.09. The molecule has 1 aliphatic carbocycles. The van der Waals surface area contributed by atoms with Gasteiger partial charge in [-0.05, 0) is 65.7 Å². The van der Waals surface area contributed by atoms with Crippen molar-refractivity contribution in [1.29, 1.82) is 0 Å². The summed E-state index contributed by atoms with van der Waals surface area (Å²) in [6.07, 6.45) is 1.90. The Morgan fingerprint density at radius 1 is 0.829 bits per heavy atom. The SMILES string of the molecule is C[C@@H](C(=O)N[C@@H](C)CCC(C(C)(C)C)C(C)(C)C)C(=O)OCC1c2ccccc2-c2ccccc21. The number of hydrogen-bond donors (Lipinski definition) is 1. The number of fused-ring (bicyclic) bond motifs is 3. The molecule has 4 heteroatoms. The number of carbonyl (C=O) groups excluding carboxylic acids is 2. The van der Waals surface area contributed by atoms with E-state index in [1.165, 1.54) is 22.3 Å². The van der Waals surface area contributed by atoms with Gasteiger partial charge in [-0.2, -0.15) is 0 Å². The molecule has 0 heterocycles. The molecule has 3 rings (SSSR count). The Labute approximate surface area is 211 Å². The van der Waals surface area contributed by atoms with E-state index in [0.29, 0.717) is 5.92 Å². The van der Waals surface area contributed by atoms with Crippen LogP contribution in [0.1, 0.15) is 85.3 Å². The number of benzene rings is 2. The Kier molecular flexibility index (Phi) is 8.14. The van der Waals surface area contributed by atoms with Crippen LogP contribution in [0.3, 0.4) is 0 Å². The lowest BCUT2D eigenvalue weighted by molar-refractivity contribution is -0.152. The van der Waals surface area contributed by atoms with Gasteiger partial charge in [-0.1, -0.05) is 90.1 Å². The molecule has 2 aromatic carbocycles. The maximum Gasteiger partial charge on any atom is 0.318 e. The largest absolute Gasteiger partial charge is 0.464 e. The van der Waals surface area contributed by atoms with Crippen LogP contribution in [0.2, 0.25) is 0 Å². The molecule has 0 saturated carbocycles. The third-order valence-electron chi connectivity index (χ3n) is 7.47. The minimum atomic E-state index is -0.842. The van der Waals surface area contributed by atoms with Crippen molar-refractivity contribution in [3.05, 3.63) is 59.7 Å². The molecule has 0 aliphatic heterocycles. The van der Waals surface area contributed by atoms with Gasteiger partial charge in [-0.25, -0.2) is 0 Å². The third-order valence-corrected chi connectivity index (χ3v) is 7.47. The summed E-state index contributed by atoms with van der Waals surface area (Å²) in [7, 11) is 0. The van der Waals surface area contributed by atoms with Crippen LogP contribution in [-0.2, 0) is 14.3 Å². The van der Waals surface area contributed by atoms with Gasteiger partial charge in [0, 0.05) is 12.0 Å². The molecule has 190 valence electrons. The summed E-state index contributed by atoms with van der Waals surface area (Å²) in [5, 5.41) is 3.04. The summed E-state index contributed by atoms with van der Waals surface area (Å²) < 4.78 is 5.69. The van der Waals surface area contributed by atoms with Crippen molar-refractivity contribution in [2.45, 2.75) is 80.2 Å². The van der Waals surface area contributed by atoms with Crippen molar-refractivity contribution in [2.24, 2.45) is 22.7 Å². The Morgan fingerprint density at radius 2 is 1.31 bits per heavy atom. The first kappa shape index (κ1) is 27.0. The van der Waals surface area contributed by atoms with Gasteiger partial charge in [-0.3, -0.25) is 9.59 Å². The van der Waals surface area contributed by atoms with Crippen LogP contribution in [0.5, 0.6) is 0 Å². The second-order valence-electron chi connectivity index (χ2n) is 12.4. The molecule has 1 amide bonds. The second-order valence-corrected chi connectivity index (χ2v) is 12.4. The number of carbonyl (C=O) groups is 2. The van der Waals surface area contributed by atoms with Crippen LogP contribution in [0.15, 0.2) is 48.5 Å². The number of esters is 1. The highest BCUT2D eigenvalue weighted by Gasteiger charge is 2.35. The lowest BCUT2D eigenvalue weighted by atomic mass is 9.64. The van der Waals surface area contributed by atoms with Crippen LogP contribution in [0.4, 0.5) is 0 Å². The van der Waals surface area contributed by atoms with Crippen molar-refractivity contribution in [3.8, 4) is 11.1 Å². The van der Waals surface area contributed by atoms with Crippen LogP contribution in [0, 0.1) is 22.7 Å². The summed E-state index contributed by atoms with van der Waals surface area (Å²) in [5.41, 5.74) is 5.09. The summed E-state index contributed by atoms with van der Waals surface area (Å²) in [4.78, 5) is 25.6. The topological polar surface area (TPSA) is 55.4 Å². The van der Waals surface area contributed by atoms with E-state index in [1.807, 2.05) is 31.2 Å². The Morgan fingerprint density at radius 3 is 1.80 bits per heavy atom. The molecule has 35 heavy (non-hydrogen) atoms. The van der Waals surface area contributed by atoms with E-state index in [9.17, 15) is 9.59 Å². The van der Waals surface area contributed by atoms with E-state index in [1.54, 1.807) is 6.92 Å². The molecule has 1 N–H and O–H groups in total. The van der Waals surface area contributed by atoms with Crippen LogP contribution in [-0.4, -0.2) is 24.5 Å². The van der Waals surface area contributed by atoms with Gasteiger partial charge in [0.1, 0.15) is 12.5 Å². The minimum Gasteiger partial charge on any atom is -0.464 e. The van der Waals surface area contributed by atoms with E-state index in [2.05, 4.69) is 71.1 Å². The number of nitrogens with one attached hydrogen (secondary N) is 1.